The molecular weight excluding hydrogens is 376 g/mol. The Morgan fingerprint density at radius 1 is 1.17 bits per heavy atom. The van der Waals surface area contributed by atoms with Crippen molar-refractivity contribution >= 4 is 34.6 Å². The van der Waals surface area contributed by atoms with Crippen LogP contribution in [-0.4, -0.2) is 39.9 Å². The number of benzene rings is 2. The summed E-state index contributed by atoms with van der Waals surface area (Å²) in [5.74, 6) is 0.972. The van der Waals surface area contributed by atoms with Crippen molar-refractivity contribution in [2.75, 3.05) is 18.5 Å². The second-order valence-electron chi connectivity index (χ2n) is 7.53. The lowest BCUT2D eigenvalue weighted by atomic mass is 10.2. The van der Waals surface area contributed by atoms with Crippen molar-refractivity contribution in [2.45, 2.75) is 32.9 Å². The van der Waals surface area contributed by atoms with Gasteiger partial charge in [-0.15, -0.1) is 0 Å². The number of carbonyl (C=O) groups excluding carboxylic acids is 2. The van der Waals surface area contributed by atoms with Gasteiger partial charge in [0.25, 0.3) is 0 Å². The molecule has 2 aromatic carbocycles. The molecule has 2 heterocycles. The van der Waals surface area contributed by atoms with Crippen LogP contribution in [0.5, 0.6) is 0 Å². The van der Waals surface area contributed by atoms with Crippen LogP contribution in [0.1, 0.15) is 31.2 Å². The molecule has 6 heteroatoms. The summed E-state index contributed by atoms with van der Waals surface area (Å²) in [7, 11) is 1.79. The number of likely N-dealkylation sites (N-methyl/N-ethyl adjacent to an activating group) is 1. The van der Waals surface area contributed by atoms with Crippen molar-refractivity contribution < 1.29 is 9.59 Å². The summed E-state index contributed by atoms with van der Waals surface area (Å²) in [6.07, 6.45) is 4.91. The number of hydrogen-bond donors (Lipinski definition) is 0. The molecule has 0 bridgehead atoms. The number of anilines is 1. The maximum atomic E-state index is 12.6. The van der Waals surface area contributed by atoms with E-state index in [9.17, 15) is 9.59 Å². The number of fused-ring (bicyclic) bond motifs is 1. The maximum absolute atomic E-state index is 12.6. The average molecular weight is 402 g/mol. The lowest BCUT2D eigenvalue weighted by molar-refractivity contribution is -0.125. The van der Waals surface area contributed by atoms with Crippen LogP contribution in [0.3, 0.4) is 0 Å². The van der Waals surface area contributed by atoms with Crippen LogP contribution in [0.25, 0.3) is 17.1 Å². The quantitative estimate of drug-likeness (QED) is 0.589. The van der Waals surface area contributed by atoms with E-state index >= 15 is 0 Å². The van der Waals surface area contributed by atoms with Crippen LogP contribution in [-0.2, 0) is 22.7 Å². The first-order valence-corrected chi connectivity index (χ1v) is 10.3. The molecule has 0 spiro atoms. The molecule has 1 aromatic heterocycles. The summed E-state index contributed by atoms with van der Waals surface area (Å²) in [6, 6.07) is 15.7. The van der Waals surface area contributed by atoms with Gasteiger partial charge in [0, 0.05) is 38.3 Å². The second-order valence-corrected chi connectivity index (χ2v) is 7.53. The van der Waals surface area contributed by atoms with Gasteiger partial charge in [-0.05, 0) is 49.2 Å². The highest BCUT2D eigenvalue weighted by molar-refractivity contribution is 5.95. The molecule has 1 aliphatic heterocycles. The third kappa shape index (κ3) is 3.99. The Kier molecular flexibility index (Phi) is 5.65. The number of rotatable bonds is 6. The molecule has 3 aromatic rings. The molecule has 0 atom stereocenters. The summed E-state index contributed by atoms with van der Waals surface area (Å²) in [6.45, 7) is 4.11. The van der Waals surface area contributed by atoms with Crippen LogP contribution >= 0.6 is 0 Å². The fraction of sp³-hybridized carbons (Fsp3) is 0.292. The number of aromatic nitrogens is 2. The lowest BCUT2D eigenvalue weighted by Crippen LogP contribution is -2.26. The molecule has 2 amide bonds. The van der Waals surface area contributed by atoms with Crippen LogP contribution in [0, 0.1) is 0 Å². The van der Waals surface area contributed by atoms with Crippen molar-refractivity contribution in [2.24, 2.45) is 0 Å². The molecular formula is C24H26N4O2. The standard InChI is InChI=1S/C24H26N4O2/c1-3-27-21-8-5-4-7-20(21)25-22(27)17-26(2)23(29)15-12-18-10-13-19(14-11-18)28-16-6-9-24(28)30/h4-5,7-8,10-15H,3,6,9,16-17H2,1-2H3/b15-12+. The summed E-state index contributed by atoms with van der Waals surface area (Å²) < 4.78 is 2.14. The molecule has 1 saturated heterocycles. The van der Waals surface area contributed by atoms with Gasteiger partial charge in [0.2, 0.25) is 11.8 Å². The van der Waals surface area contributed by atoms with E-state index < -0.39 is 0 Å². The van der Waals surface area contributed by atoms with E-state index in [1.807, 2.05) is 47.4 Å². The van der Waals surface area contributed by atoms with Crippen molar-refractivity contribution in [3.05, 3.63) is 66.0 Å². The molecule has 4 rings (SSSR count). The molecule has 0 unspecified atom stereocenters. The first-order valence-electron chi connectivity index (χ1n) is 10.3. The number of amides is 2. The average Bonchev–Trinajstić information content (AvgIpc) is 3.34. The van der Waals surface area contributed by atoms with Crippen molar-refractivity contribution in [1.29, 1.82) is 0 Å². The molecule has 0 radical (unpaired) electrons. The van der Waals surface area contributed by atoms with Gasteiger partial charge < -0.3 is 14.4 Å². The predicted molar refractivity (Wildman–Crippen MR) is 119 cm³/mol. The number of para-hydroxylation sites is 2. The molecule has 1 fully saturated rings. The highest BCUT2D eigenvalue weighted by atomic mass is 16.2. The first-order chi connectivity index (χ1) is 14.6. The molecule has 1 aliphatic rings. The molecule has 0 saturated carbocycles. The minimum Gasteiger partial charge on any atom is -0.335 e. The lowest BCUT2D eigenvalue weighted by Gasteiger charge is -2.16. The summed E-state index contributed by atoms with van der Waals surface area (Å²) >= 11 is 0. The smallest absolute Gasteiger partial charge is 0.246 e. The Hall–Kier alpha value is -3.41. The predicted octanol–water partition coefficient (Wildman–Crippen LogP) is 3.85. The Balaban J connectivity index is 1.42. The van der Waals surface area contributed by atoms with Gasteiger partial charge in [-0.3, -0.25) is 9.59 Å². The third-order valence-corrected chi connectivity index (χ3v) is 5.50. The van der Waals surface area contributed by atoms with Gasteiger partial charge in [0.15, 0.2) is 0 Å². The zero-order valence-corrected chi connectivity index (χ0v) is 17.4. The monoisotopic (exact) mass is 402 g/mol. The van der Waals surface area contributed by atoms with Crippen molar-refractivity contribution in [3.63, 3.8) is 0 Å². The number of imidazole rings is 1. The highest BCUT2D eigenvalue weighted by Gasteiger charge is 2.21. The molecule has 0 aliphatic carbocycles. The largest absolute Gasteiger partial charge is 0.335 e. The Bertz CT molecular complexity index is 1100. The van der Waals surface area contributed by atoms with E-state index in [0.29, 0.717) is 13.0 Å². The molecule has 30 heavy (non-hydrogen) atoms. The Morgan fingerprint density at radius 3 is 2.63 bits per heavy atom. The Morgan fingerprint density at radius 2 is 1.93 bits per heavy atom. The van der Waals surface area contributed by atoms with Crippen LogP contribution < -0.4 is 4.90 Å². The van der Waals surface area contributed by atoms with Gasteiger partial charge >= 0.3 is 0 Å². The van der Waals surface area contributed by atoms with E-state index in [1.54, 1.807) is 24.1 Å². The SMILES string of the molecule is CCn1c(CN(C)C(=O)/C=C/c2ccc(N3CCCC3=O)cc2)nc2ccccc21. The van der Waals surface area contributed by atoms with E-state index in [4.69, 9.17) is 4.98 Å². The molecule has 154 valence electrons. The van der Waals surface area contributed by atoms with Gasteiger partial charge in [0.05, 0.1) is 17.6 Å². The van der Waals surface area contributed by atoms with Crippen LogP contribution in [0.2, 0.25) is 0 Å². The fourth-order valence-electron chi connectivity index (χ4n) is 3.87. The third-order valence-electron chi connectivity index (χ3n) is 5.50. The summed E-state index contributed by atoms with van der Waals surface area (Å²) in [5.41, 5.74) is 3.87. The van der Waals surface area contributed by atoms with E-state index in [2.05, 4.69) is 17.6 Å². The van der Waals surface area contributed by atoms with E-state index in [0.717, 1.165) is 47.6 Å². The maximum Gasteiger partial charge on any atom is 0.246 e. The zero-order chi connectivity index (χ0) is 21.1. The van der Waals surface area contributed by atoms with Gasteiger partial charge in [-0.2, -0.15) is 0 Å². The molecule has 0 N–H and O–H groups in total. The summed E-state index contributed by atoms with van der Waals surface area (Å²) in [4.78, 5) is 32.6. The second kappa shape index (κ2) is 8.53. The molecule has 6 nitrogen and oxygen atoms in total. The van der Waals surface area contributed by atoms with E-state index in [-0.39, 0.29) is 11.8 Å². The van der Waals surface area contributed by atoms with Crippen molar-refractivity contribution in [1.82, 2.24) is 14.5 Å². The van der Waals surface area contributed by atoms with Crippen LogP contribution in [0.4, 0.5) is 5.69 Å². The van der Waals surface area contributed by atoms with Gasteiger partial charge in [-0.1, -0.05) is 24.3 Å². The minimum atomic E-state index is -0.0801. The van der Waals surface area contributed by atoms with E-state index in [1.165, 1.54) is 0 Å². The Labute approximate surface area is 176 Å². The zero-order valence-electron chi connectivity index (χ0n) is 17.4. The van der Waals surface area contributed by atoms with Gasteiger partial charge in [0.1, 0.15) is 5.82 Å². The topological polar surface area (TPSA) is 58.4 Å². The minimum absolute atomic E-state index is 0.0801. The number of nitrogens with zero attached hydrogens (tertiary/aromatic N) is 4. The highest BCUT2D eigenvalue weighted by Crippen LogP contribution is 2.22. The normalized spacial score (nSPS) is 14.2. The van der Waals surface area contributed by atoms with Crippen LogP contribution in [0.15, 0.2) is 54.6 Å². The fourth-order valence-corrected chi connectivity index (χ4v) is 3.87. The number of aryl methyl sites for hydroxylation is 1. The first kappa shape index (κ1) is 19.9. The number of carbonyl (C=O) groups is 2. The van der Waals surface area contributed by atoms with Crippen molar-refractivity contribution in [3.8, 4) is 0 Å². The summed E-state index contributed by atoms with van der Waals surface area (Å²) in [5, 5.41) is 0. The van der Waals surface area contributed by atoms with Gasteiger partial charge in [-0.25, -0.2) is 4.98 Å². The number of hydrogen-bond acceptors (Lipinski definition) is 3.